The molecule has 6 aliphatic rings. The van der Waals surface area contributed by atoms with Crippen LogP contribution in [-0.4, -0.2) is 152 Å². The quantitative estimate of drug-likeness (QED) is 0.272. The molecule has 0 bridgehead atoms. The smallest absolute Gasteiger partial charge is 0.303 e. The number of ether oxygens (including phenoxy) is 12. The molecule has 6 heterocycles. The van der Waals surface area contributed by atoms with Crippen LogP contribution < -0.4 is 0 Å². The molecule has 0 N–H and O–H groups in total. The van der Waals surface area contributed by atoms with Crippen LogP contribution in [0.2, 0.25) is 0 Å². The minimum Gasteiger partial charge on any atom is -0.457 e. The Bertz CT molecular complexity index is 802. The minimum absolute atomic E-state index is 0.0411. The Morgan fingerprint density at radius 3 is 0.786 bits per heavy atom. The van der Waals surface area contributed by atoms with E-state index in [4.69, 9.17) is 56.8 Å². The fourth-order valence-electron chi connectivity index (χ4n) is 5.84. The zero-order valence-electron chi connectivity index (χ0n) is 24.8. The van der Waals surface area contributed by atoms with Gasteiger partial charge < -0.3 is 56.8 Å². The Morgan fingerprint density at radius 1 is 0.405 bits per heavy atom. The van der Waals surface area contributed by atoms with Gasteiger partial charge in [-0.15, -0.1) is 0 Å². The van der Waals surface area contributed by atoms with Crippen molar-refractivity contribution in [2.45, 2.75) is 94.0 Å². The Morgan fingerprint density at radius 2 is 0.595 bits per heavy atom. The van der Waals surface area contributed by atoms with Crippen LogP contribution in [0.3, 0.4) is 0 Å². The largest absolute Gasteiger partial charge is 0.457 e. The van der Waals surface area contributed by atoms with E-state index in [-0.39, 0.29) is 91.2 Å². The van der Waals surface area contributed by atoms with Crippen molar-refractivity contribution in [1.82, 2.24) is 0 Å². The molecular formula is C27H42O15. The lowest BCUT2D eigenvalue weighted by Gasteiger charge is -2.15. The summed E-state index contributed by atoms with van der Waals surface area (Å²) in [7, 11) is 4.87. The van der Waals surface area contributed by atoms with Crippen LogP contribution in [0.1, 0.15) is 20.8 Å². The molecule has 0 amide bonds. The fourth-order valence-corrected chi connectivity index (χ4v) is 5.84. The lowest BCUT2D eigenvalue weighted by molar-refractivity contribution is -0.151. The van der Waals surface area contributed by atoms with Gasteiger partial charge in [-0.3, -0.25) is 14.4 Å². The average Bonchev–Trinajstić information content (AvgIpc) is 3.77. The van der Waals surface area contributed by atoms with Gasteiger partial charge in [0.15, 0.2) is 18.3 Å². The molecule has 0 aromatic rings. The van der Waals surface area contributed by atoms with Gasteiger partial charge in [-0.2, -0.15) is 0 Å². The summed E-state index contributed by atoms with van der Waals surface area (Å²) in [4.78, 5) is 32.3. The molecule has 0 aromatic heterocycles. The molecule has 0 spiro atoms. The molecule has 12 atom stereocenters. The van der Waals surface area contributed by atoms with Crippen LogP contribution in [0.5, 0.6) is 0 Å². The standard InChI is InChI=1S/3C9H14O5/c3*1-5(10)14-7-4-13-8-6(11-2)3-12-9(7)8/h3*6-9H,3-4H2,1-2H3/t3*6-,7-,8+,9+/m000/s1. The normalized spacial score (nSPS) is 41.0. The van der Waals surface area contributed by atoms with Gasteiger partial charge in [0.1, 0.15) is 54.9 Å². The first-order valence-electron chi connectivity index (χ1n) is 14.0. The number of fused-ring (bicyclic) bond motifs is 3. The number of carbonyl (C=O) groups is 3. The summed E-state index contributed by atoms with van der Waals surface area (Å²) in [5.41, 5.74) is 0. The molecule has 15 heteroatoms. The van der Waals surface area contributed by atoms with Crippen molar-refractivity contribution in [1.29, 1.82) is 0 Å². The van der Waals surface area contributed by atoms with Crippen LogP contribution in [0, 0.1) is 0 Å². The van der Waals surface area contributed by atoms with Crippen LogP contribution in [0.25, 0.3) is 0 Å². The molecule has 6 aliphatic heterocycles. The number of esters is 3. The summed E-state index contributed by atoms with van der Waals surface area (Å²) in [6, 6.07) is 0. The van der Waals surface area contributed by atoms with E-state index in [1.54, 1.807) is 21.3 Å². The van der Waals surface area contributed by atoms with Gasteiger partial charge in [0.2, 0.25) is 0 Å². The lowest BCUT2D eigenvalue weighted by atomic mass is 10.1. The molecule has 6 fully saturated rings. The highest BCUT2D eigenvalue weighted by atomic mass is 16.7. The Balaban J connectivity index is 0.000000145. The van der Waals surface area contributed by atoms with Gasteiger partial charge in [-0.05, 0) is 0 Å². The summed E-state index contributed by atoms with van der Waals surface area (Å²) in [6.45, 7) is 6.86. The molecule has 15 nitrogen and oxygen atoms in total. The maximum Gasteiger partial charge on any atom is 0.303 e. The molecule has 0 aromatic carbocycles. The number of hydrogen-bond donors (Lipinski definition) is 0. The molecule has 0 saturated carbocycles. The summed E-state index contributed by atoms with van der Waals surface area (Å²) < 4.78 is 63.6. The van der Waals surface area contributed by atoms with Crippen molar-refractivity contribution >= 4 is 17.9 Å². The van der Waals surface area contributed by atoms with Gasteiger partial charge in [0.05, 0.1) is 39.6 Å². The van der Waals surface area contributed by atoms with E-state index in [2.05, 4.69) is 0 Å². The maximum atomic E-state index is 10.8. The zero-order valence-corrected chi connectivity index (χ0v) is 24.8. The van der Waals surface area contributed by atoms with Crippen molar-refractivity contribution in [3.63, 3.8) is 0 Å². The summed E-state index contributed by atoms with van der Waals surface area (Å²) >= 11 is 0. The summed E-state index contributed by atoms with van der Waals surface area (Å²) in [5, 5.41) is 0. The van der Waals surface area contributed by atoms with E-state index in [1.807, 2.05) is 0 Å². The Kier molecular flexibility index (Phi) is 11.9. The van der Waals surface area contributed by atoms with Crippen molar-refractivity contribution in [2.75, 3.05) is 61.0 Å². The van der Waals surface area contributed by atoms with Crippen molar-refractivity contribution in [2.24, 2.45) is 0 Å². The predicted octanol–water partition coefficient (Wildman–Crippen LogP) is -0.808. The zero-order chi connectivity index (χ0) is 30.4. The van der Waals surface area contributed by atoms with E-state index in [0.717, 1.165) is 0 Å². The van der Waals surface area contributed by atoms with Crippen LogP contribution >= 0.6 is 0 Å². The van der Waals surface area contributed by atoms with Gasteiger partial charge in [0.25, 0.3) is 0 Å². The monoisotopic (exact) mass is 606 g/mol. The van der Waals surface area contributed by atoms with E-state index >= 15 is 0 Å². The molecule has 0 aliphatic carbocycles. The van der Waals surface area contributed by atoms with Crippen LogP contribution in [0.4, 0.5) is 0 Å². The number of hydrogen-bond acceptors (Lipinski definition) is 15. The maximum absolute atomic E-state index is 10.8. The van der Waals surface area contributed by atoms with Gasteiger partial charge in [-0.25, -0.2) is 0 Å². The third-order valence-corrected chi connectivity index (χ3v) is 7.75. The van der Waals surface area contributed by atoms with Crippen molar-refractivity contribution in [3.05, 3.63) is 0 Å². The molecule has 6 rings (SSSR count). The van der Waals surface area contributed by atoms with E-state index < -0.39 is 0 Å². The Hall–Kier alpha value is -1.95. The highest BCUT2D eigenvalue weighted by Gasteiger charge is 2.51. The predicted molar refractivity (Wildman–Crippen MR) is 137 cm³/mol. The van der Waals surface area contributed by atoms with E-state index in [0.29, 0.717) is 39.6 Å². The molecule has 240 valence electrons. The minimum atomic E-state index is -0.302. The van der Waals surface area contributed by atoms with E-state index in [1.165, 1.54) is 20.8 Å². The molecular weight excluding hydrogens is 564 g/mol. The lowest BCUT2D eigenvalue weighted by Crippen LogP contribution is -2.34. The third-order valence-electron chi connectivity index (χ3n) is 7.75. The molecule has 0 unspecified atom stereocenters. The van der Waals surface area contributed by atoms with Crippen molar-refractivity contribution < 1.29 is 71.2 Å². The second-order valence-electron chi connectivity index (χ2n) is 10.6. The second-order valence-corrected chi connectivity index (χ2v) is 10.6. The number of carbonyl (C=O) groups excluding carboxylic acids is 3. The van der Waals surface area contributed by atoms with Gasteiger partial charge >= 0.3 is 17.9 Å². The molecule has 6 saturated heterocycles. The van der Waals surface area contributed by atoms with Crippen LogP contribution in [-0.2, 0) is 71.2 Å². The second kappa shape index (κ2) is 15.2. The summed E-state index contributed by atoms with van der Waals surface area (Å²) in [5.74, 6) is -0.906. The number of rotatable bonds is 6. The first kappa shape index (κ1) is 33.0. The highest BCUT2D eigenvalue weighted by molar-refractivity contribution is 5.67. The van der Waals surface area contributed by atoms with Crippen molar-refractivity contribution in [3.8, 4) is 0 Å². The topological polar surface area (TPSA) is 162 Å². The molecule has 0 radical (unpaired) electrons. The van der Waals surface area contributed by atoms with E-state index in [9.17, 15) is 14.4 Å². The van der Waals surface area contributed by atoms with Crippen LogP contribution in [0.15, 0.2) is 0 Å². The van der Waals surface area contributed by atoms with Gasteiger partial charge in [-0.1, -0.05) is 0 Å². The fraction of sp³-hybridized carbons (Fsp3) is 0.889. The SMILES string of the molecule is CO[C@H]1CO[C@H]2[C@@H]1OC[C@@H]2OC(C)=O.CO[C@H]1CO[C@H]2[C@@H]1OC[C@@H]2OC(C)=O.CO[C@H]1CO[C@H]2[C@@H]1OC[C@@H]2OC(C)=O. The average molecular weight is 607 g/mol. The van der Waals surface area contributed by atoms with Gasteiger partial charge in [0, 0.05) is 42.1 Å². The first-order chi connectivity index (χ1) is 20.2. The first-order valence-corrected chi connectivity index (χ1v) is 14.0. The third kappa shape index (κ3) is 7.76. The molecule has 42 heavy (non-hydrogen) atoms. The highest BCUT2D eigenvalue weighted by Crippen LogP contribution is 2.32. The summed E-state index contributed by atoms with van der Waals surface area (Å²) in [6.07, 6.45) is -1.73. The Labute approximate surface area is 244 Å². The number of methoxy groups -OCH3 is 3.